The number of carbonyl (C=O) groups excluding carboxylic acids is 2. The van der Waals surface area contributed by atoms with E-state index in [2.05, 4.69) is 4.90 Å². The van der Waals surface area contributed by atoms with Gasteiger partial charge in [-0.1, -0.05) is 18.2 Å². The van der Waals surface area contributed by atoms with Crippen LogP contribution in [0.15, 0.2) is 30.3 Å². The summed E-state index contributed by atoms with van der Waals surface area (Å²) in [7, 11) is 1.62. The quantitative estimate of drug-likeness (QED) is 0.742. The third kappa shape index (κ3) is 5.32. The number of nitrogens with zero attached hydrogens (tertiary/aromatic N) is 3. The molecular weight excluding hydrogens is 342 g/mol. The molecule has 0 N–H and O–H groups in total. The van der Waals surface area contributed by atoms with Gasteiger partial charge in [0.05, 0.1) is 13.7 Å². The second-order valence-corrected chi connectivity index (χ2v) is 7.12. The van der Waals surface area contributed by atoms with Crippen molar-refractivity contribution in [3.05, 3.63) is 35.9 Å². The van der Waals surface area contributed by atoms with Gasteiger partial charge >= 0.3 is 0 Å². The van der Waals surface area contributed by atoms with E-state index in [0.717, 1.165) is 50.3 Å². The minimum absolute atomic E-state index is 0.00270. The Morgan fingerprint density at radius 1 is 0.963 bits per heavy atom. The van der Waals surface area contributed by atoms with Crippen LogP contribution in [-0.2, 0) is 9.59 Å². The number of piperidine rings is 1. The van der Waals surface area contributed by atoms with E-state index in [1.807, 2.05) is 34.1 Å². The van der Waals surface area contributed by atoms with Gasteiger partial charge in [0.15, 0.2) is 0 Å². The molecule has 2 aliphatic rings. The SMILES string of the molecule is COc1ccccc1/C=C/C(=O)N1CCN(CC(=O)N2CCCCC2)CC1. The summed E-state index contributed by atoms with van der Waals surface area (Å²) in [6.07, 6.45) is 6.87. The van der Waals surface area contributed by atoms with Gasteiger partial charge in [-0.2, -0.15) is 0 Å². The van der Waals surface area contributed by atoms with Crippen LogP contribution in [-0.4, -0.2) is 79.4 Å². The lowest BCUT2D eigenvalue weighted by Crippen LogP contribution is -2.51. The maximum Gasteiger partial charge on any atom is 0.246 e. The number of hydrogen-bond acceptors (Lipinski definition) is 4. The zero-order valence-corrected chi connectivity index (χ0v) is 16.1. The number of ether oxygens (including phenoxy) is 1. The number of amides is 2. The first-order valence-electron chi connectivity index (χ1n) is 9.77. The molecule has 2 amide bonds. The molecular formula is C21H29N3O3. The van der Waals surface area contributed by atoms with Crippen molar-refractivity contribution in [3.63, 3.8) is 0 Å². The predicted molar refractivity (Wildman–Crippen MR) is 105 cm³/mol. The summed E-state index contributed by atoms with van der Waals surface area (Å²) < 4.78 is 5.31. The van der Waals surface area contributed by atoms with E-state index in [1.165, 1.54) is 6.42 Å². The lowest BCUT2D eigenvalue weighted by Gasteiger charge is -2.35. The summed E-state index contributed by atoms with van der Waals surface area (Å²) in [5.74, 6) is 0.982. The number of likely N-dealkylation sites (tertiary alicyclic amines) is 1. The van der Waals surface area contributed by atoms with Gasteiger partial charge < -0.3 is 14.5 Å². The Balaban J connectivity index is 1.46. The van der Waals surface area contributed by atoms with Gasteiger partial charge in [0, 0.05) is 50.9 Å². The molecule has 2 fully saturated rings. The zero-order chi connectivity index (χ0) is 19.1. The van der Waals surface area contributed by atoms with Crippen LogP contribution in [0.1, 0.15) is 24.8 Å². The predicted octanol–water partition coefficient (Wildman–Crippen LogP) is 1.87. The number of rotatable bonds is 5. The highest BCUT2D eigenvalue weighted by atomic mass is 16.5. The second-order valence-electron chi connectivity index (χ2n) is 7.12. The van der Waals surface area contributed by atoms with Crippen LogP contribution < -0.4 is 4.74 Å². The Kier molecular flexibility index (Phi) is 6.87. The van der Waals surface area contributed by atoms with Crippen LogP contribution >= 0.6 is 0 Å². The summed E-state index contributed by atoms with van der Waals surface area (Å²) in [5, 5.41) is 0. The van der Waals surface area contributed by atoms with Gasteiger partial charge in [0.25, 0.3) is 0 Å². The summed E-state index contributed by atoms with van der Waals surface area (Å²) >= 11 is 0. The normalized spacial score (nSPS) is 18.7. The Bertz CT molecular complexity index is 675. The molecule has 1 aromatic carbocycles. The molecule has 0 unspecified atom stereocenters. The molecule has 0 saturated carbocycles. The van der Waals surface area contributed by atoms with Crippen molar-refractivity contribution in [2.75, 3.05) is 52.9 Å². The van der Waals surface area contributed by atoms with Crippen LogP contribution in [0.5, 0.6) is 5.75 Å². The standard InChI is InChI=1S/C21H29N3O3/c1-27-19-8-4-3-7-18(19)9-10-20(25)24-15-13-22(14-16-24)17-21(26)23-11-5-2-6-12-23/h3-4,7-10H,2,5-6,11-17H2,1H3/b10-9+. The molecule has 0 aromatic heterocycles. The topological polar surface area (TPSA) is 53.1 Å². The van der Waals surface area contributed by atoms with E-state index in [1.54, 1.807) is 19.3 Å². The largest absolute Gasteiger partial charge is 0.496 e. The first-order valence-corrected chi connectivity index (χ1v) is 9.77. The van der Waals surface area contributed by atoms with Crippen molar-refractivity contribution in [2.45, 2.75) is 19.3 Å². The molecule has 2 heterocycles. The lowest BCUT2D eigenvalue weighted by molar-refractivity contribution is -0.134. The number of piperazine rings is 1. The molecule has 0 spiro atoms. The molecule has 3 rings (SSSR count). The molecule has 146 valence electrons. The first kappa shape index (κ1) is 19.4. The third-order valence-electron chi connectivity index (χ3n) is 5.30. The fourth-order valence-corrected chi connectivity index (χ4v) is 3.63. The fraction of sp³-hybridized carbons (Fsp3) is 0.524. The second kappa shape index (κ2) is 9.55. The van der Waals surface area contributed by atoms with Crippen molar-refractivity contribution in [3.8, 4) is 5.75 Å². The van der Waals surface area contributed by atoms with Crippen molar-refractivity contribution in [1.82, 2.24) is 14.7 Å². The monoisotopic (exact) mass is 371 g/mol. The number of benzene rings is 1. The zero-order valence-electron chi connectivity index (χ0n) is 16.1. The van der Waals surface area contributed by atoms with Crippen LogP contribution in [0.25, 0.3) is 6.08 Å². The van der Waals surface area contributed by atoms with Crippen molar-refractivity contribution >= 4 is 17.9 Å². The van der Waals surface area contributed by atoms with Gasteiger partial charge in [0.2, 0.25) is 11.8 Å². The minimum atomic E-state index is 0.00270. The summed E-state index contributed by atoms with van der Waals surface area (Å²) in [4.78, 5) is 30.8. The Hall–Kier alpha value is -2.34. The van der Waals surface area contributed by atoms with Gasteiger partial charge in [-0.25, -0.2) is 0 Å². The van der Waals surface area contributed by atoms with E-state index in [9.17, 15) is 9.59 Å². The Morgan fingerprint density at radius 3 is 2.37 bits per heavy atom. The average molecular weight is 371 g/mol. The molecule has 1 aromatic rings. The highest BCUT2D eigenvalue weighted by Crippen LogP contribution is 2.19. The fourth-order valence-electron chi connectivity index (χ4n) is 3.63. The molecule has 2 saturated heterocycles. The van der Waals surface area contributed by atoms with Gasteiger partial charge in [-0.15, -0.1) is 0 Å². The van der Waals surface area contributed by atoms with E-state index < -0.39 is 0 Å². The molecule has 6 heteroatoms. The van der Waals surface area contributed by atoms with Crippen molar-refractivity contribution < 1.29 is 14.3 Å². The Labute approximate surface area is 161 Å². The lowest BCUT2D eigenvalue weighted by atomic mass is 10.1. The summed E-state index contributed by atoms with van der Waals surface area (Å²) in [6.45, 7) is 5.06. The number of carbonyl (C=O) groups is 2. The minimum Gasteiger partial charge on any atom is -0.496 e. The van der Waals surface area contributed by atoms with Crippen LogP contribution in [0.4, 0.5) is 0 Å². The van der Waals surface area contributed by atoms with Crippen LogP contribution in [0, 0.1) is 0 Å². The average Bonchev–Trinajstić information content (AvgIpc) is 2.73. The molecule has 0 radical (unpaired) electrons. The molecule has 6 nitrogen and oxygen atoms in total. The highest BCUT2D eigenvalue weighted by Gasteiger charge is 2.24. The number of para-hydroxylation sites is 1. The molecule has 27 heavy (non-hydrogen) atoms. The maximum absolute atomic E-state index is 12.5. The maximum atomic E-state index is 12.5. The van der Waals surface area contributed by atoms with Crippen molar-refractivity contribution in [2.24, 2.45) is 0 Å². The van der Waals surface area contributed by atoms with Crippen LogP contribution in [0.2, 0.25) is 0 Å². The first-order chi connectivity index (χ1) is 13.2. The highest BCUT2D eigenvalue weighted by molar-refractivity contribution is 5.92. The van der Waals surface area contributed by atoms with Gasteiger partial charge in [0.1, 0.15) is 5.75 Å². The van der Waals surface area contributed by atoms with Crippen molar-refractivity contribution in [1.29, 1.82) is 0 Å². The molecule has 2 aliphatic heterocycles. The third-order valence-corrected chi connectivity index (χ3v) is 5.30. The molecule has 0 aliphatic carbocycles. The van der Waals surface area contributed by atoms with E-state index >= 15 is 0 Å². The van der Waals surface area contributed by atoms with E-state index in [0.29, 0.717) is 19.6 Å². The summed E-state index contributed by atoms with van der Waals surface area (Å²) in [5.41, 5.74) is 0.888. The van der Waals surface area contributed by atoms with Gasteiger partial charge in [-0.05, 0) is 31.4 Å². The molecule has 0 bridgehead atoms. The van der Waals surface area contributed by atoms with E-state index in [4.69, 9.17) is 4.74 Å². The van der Waals surface area contributed by atoms with E-state index in [-0.39, 0.29) is 11.8 Å². The summed E-state index contributed by atoms with van der Waals surface area (Å²) in [6, 6.07) is 7.63. The van der Waals surface area contributed by atoms with Crippen LogP contribution in [0.3, 0.4) is 0 Å². The smallest absolute Gasteiger partial charge is 0.246 e. The molecule has 0 atom stereocenters. The Morgan fingerprint density at radius 2 is 1.67 bits per heavy atom. The number of methoxy groups -OCH3 is 1. The number of hydrogen-bond donors (Lipinski definition) is 0. The van der Waals surface area contributed by atoms with Gasteiger partial charge in [-0.3, -0.25) is 14.5 Å².